The van der Waals surface area contributed by atoms with Gasteiger partial charge in [0.1, 0.15) is 32.2 Å². The molecule has 2 heterocycles. The van der Waals surface area contributed by atoms with Crippen molar-refractivity contribution in [2.24, 2.45) is 10.3 Å². The smallest absolute Gasteiger partial charge is 0.872 e. The van der Waals surface area contributed by atoms with Crippen molar-refractivity contribution < 1.29 is 84.3 Å². The van der Waals surface area contributed by atoms with Crippen LogP contribution in [-0.4, -0.2) is 43.5 Å². The second-order valence-corrected chi connectivity index (χ2v) is 20.4. The summed E-state index contributed by atoms with van der Waals surface area (Å²) in [6, 6.07) is 31.9. The molecule has 315 valence electrons. The summed E-state index contributed by atoms with van der Waals surface area (Å²) in [5.41, 5.74) is 3.82. The number of hydrogen-bond donors (Lipinski definition) is 2. The van der Waals surface area contributed by atoms with Crippen LogP contribution in [0.1, 0.15) is 0 Å². The zero-order valence-electron chi connectivity index (χ0n) is 31.8. The fourth-order valence-corrected chi connectivity index (χ4v) is 6.98. The van der Waals surface area contributed by atoms with Crippen LogP contribution in [0.25, 0.3) is 22.3 Å². The monoisotopic (exact) mass is 1390 g/mol. The number of ether oxygens (including phenoxy) is 3. The minimum absolute atomic E-state index is 0. The van der Waals surface area contributed by atoms with Gasteiger partial charge in [-0.2, -0.15) is 0 Å². The SMILES string of the molecule is COc1ccc(-c2cccc(Oc3ncc(Br)cc3S(N)(=O)=O)c2)cc1.COc1ccc(-c2cccc([O-])c2)cc1.ICI.NS(=O)(=O)c1cc(Br)cnc1Cl.[CH2-]I.[Na+].[V]. The number of benzene rings is 4. The Balaban J connectivity index is 0.000000874. The average Bonchev–Trinajstić information content (AvgIpc) is 3.20. The van der Waals surface area contributed by atoms with Gasteiger partial charge >= 0.3 is 29.6 Å². The van der Waals surface area contributed by atoms with Crippen LogP contribution >= 0.6 is 111 Å². The largest absolute Gasteiger partial charge is 1.00 e. The number of aromatic nitrogens is 2. The van der Waals surface area contributed by atoms with Crippen LogP contribution in [-0.2, 0) is 38.6 Å². The third kappa shape index (κ3) is 20.8. The summed E-state index contributed by atoms with van der Waals surface area (Å²) in [6.07, 6.45) is 2.83. The summed E-state index contributed by atoms with van der Waals surface area (Å²) in [6.45, 7) is 0. The summed E-state index contributed by atoms with van der Waals surface area (Å²) in [5.74, 6) is 1.97. The van der Waals surface area contributed by atoms with Crippen LogP contribution in [0.3, 0.4) is 0 Å². The number of sulfonamides is 2. The van der Waals surface area contributed by atoms with Gasteiger partial charge in [0.05, 0.1) is 16.7 Å². The van der Waals surface area contributed by atoms with E-state index in [1.807, 2.05) is 89.3 Å². The fraction of sp³-hybridized carbons (Fsp3) is 0.0789. The van der Waals surface area contributed by atoms with E-state index in [-0.39, 0.29) is 74.7 Å². The van der Waals surface area contributed by atoms with Gasteiger partial charge in [0.15, 0.2) is 0 Å². The Morgan fingerprint density at radius 1 is 0.667 bits per heavy atom. The molecule has 2 aromatic heterocycles. The zero-order valence-corrected chi connectivity index (χ0v) is 47.2. The van der Waals surface area contributed by atoms with Gasteiger partial charge in [0.2, 0.25) is 25.9 Å². The maximum absolute atomic E-state index is 11.8. The molecular weight excluding hydrogens is 1350 g/mol. The van der Waals surface area contributed by atoms with Crippen LogP contribution in [0.4, 0.5) is 0 Å². The number of primary sulfonamides is 2. The van der Waals surface area contributed by atoms with Gasteiger partial charge in [-0.05, 0) is 103 Å². The summed E-state index contributed by atoms with van der Waals surface area (Å²) in [5, 5.41) is 21.1. The van der Waals surface area contributed by atoms with Crippen molar-refractivity contribution in [2.75, 3.05) is 16.7 Å². The van der Waals surface area contributed by atoms with Gasteiger partial charge < -0.3 is 41.9 Å². The van der Waals surface area contributed by atoms with Crippen molar-refractivity contribution in [3.8, 4) is 51.1 Å². The first kappa shape index (κ1) is 59.2. The maximum Gasteiger partial charge on any atom is 1.00 e. The van der Waals surface area contributed by atoms with Gasteiger partial charge in [-0.25, -0.2) is 37.1 Å². The van der Waals surface area contributed by atoms with E-state index in [4.69, 9.17) is 36.1 Å². The van der Waals surface area contributed by atoms with E-state index in [0.717, 1.165) is 33.8 Å². The Hall–Kier alpha value is -0.776. The molecule has 1 radical (unpaired) electrons. The predicted molar refractivity (Wildman–Crippen MR) is 260 cm³/mol. The predicted octanol–water partition coefficient (Wildman–Crippen LogP) is 7.57. The van der Waals surface area contributed by atoms with Crippen LogP contribution < -0.4 is 59.2 Å². The summed E-state index contributed by atoms with van der Waals surface area (Å²) < 4.78 is 63.3. The number of alkyl halides is 2. The fourth-order valence-electron chi connectivity index (χ4n) is 4.39. The number of nitrogens with zero attached hydrogens (tertiary/aromatic N) is 2. The molecule has 6 aromatic rings. The van der Waals surface area contributed by atoms with Gasteiger partial charge in [0.25, 0.3) is 0 Å². The molecule has 0 aliphatic heterocycles. The molecule has 0 spiro atoms. The van der Waals surface area contributed by atoms with Gasteiger partial charge in [0, 0.05) is 39.9 Å². The van der Waals surface area contributed by atoms with E-state index < -0.39 is 20.0 Å². The molecule has 22 heteroatoms. The van der Waals surface area contributed by atoms with Crippen molar-refractivity contribution >= 4 is 131 Å². The van der Waals surface area contributed by atoms with Crippen LogP contribution in [0, 0.1) is 4.93 Å². The Morgan fingerprint density at radius 3 is 1.50 bits per heavy atom. The number of nitrogens with two attached hydrogens (primary N) is 2. The molecule has 60 heavy (non-hydrogen) atoms. The second kappa shape index (κ2) is 30.4. The van der Waals surface area contributed by atoms with E-state index in [1.165, 1.54) is 27.0 Å². The van der Waals surface area contributed by atoms with E-state index in [1.54, 1.807) is 44.6 Å². The molecule has 0 saturated heterocycles. The first-order chi connectivity index (χ1) is 27.5. The van der Waals surface area contributed by atoms with Crippen molar-refractivity contribution in [3.63, 3.8) is 0 Å². The zero-order chi connectivity index (χ0) is 43.5. The Labute approximate surface area is 447 Å². The van der Waals surface area contributed by atoms with E-state index in [2.05, 4.69) is 91.9 Å². The third-order valence-corrected chi connectivity index (χ3v) is 10.0. The van der Waals surface area contributed by atoms with Crippen molar-refractivity contribution in [2.45, 2.75) is 9.79 Å². The molecule has 0 unspecified atom stereocenters. The topological polar surface area (TPSA) is 197 Å². The summed E-state index contributed by atoms with van der Waals surface area (Å²) in [4.78, 5) is 10.5. The summed E-state index contributed by atoms with van der Waals surface area (Å²) >= 11 is 18.2. The quantitative estimate of drug-likeness (QED) is 0.0504. The van der Waals surface area contributed by atoms with Crippen molar-refractivity contribution in [1.82, 2.24) is 9.97 Å². The number of halogens is 6. The molecule has 4 N–H and O–H groups in total. The molecule has 4 aromatic carbocycles. The molecule has 0 atom stereocenters. The Kier molecular flexibility index (Phi) is 30.0. The van der Waals surface area contributed by atoms with Gasteiger partial charge in [-0.3, -0.25) is 4.93 Å². The van der Waals surface area contributed by atoms with Crippen LogP contribution in [0.15, 0.2) is 140 Å². The second-order valence-electron chi connectivity index (χ2n) is 10.7. The normalized spacial score (nSPS) is 10.1. The van der Waals surface area contributed by atoms with E-state index in [0.29, 0.717) is 14.7 Å². The molecule has 6 rings (SSSR count). The van der Waals surface area contributed by atoms with Crippen molar-refractivity contribution in [3.05, 3.63) is 141 Å². The Morgan fingerprint density at radius 2 is 1.08 bits per heavy atom. The van der Waals surface area contributed by atoms with E-state index in [9.17, 15) is 21.9 Å². The molecule has 0 aliphatic carbocycles. The molecule has 12 nitrogen and oxygen atoms in total. The van der Waals surface area contributed by atoms with Crippen molar-refractivity contribution in [1.29, 1.82) is 0 Å². The van der Waals surface area contributed by atoms with Gasteiger partial charge in [-0.15, -0.1) is 5.75 Å². The number of methoxy groups -OCH3 is 2. The third-order valence-electron chi connectivity index (χ3n) is 6.90. The Bertz CT molecular complexity index is 2460. The van der Waals surface area contributed by atoms with Crippen LogP contribution in [0.2, 0.25) is 5.15 Å². The average molecular weight is 1390 g/mol. The minimum Gasteiger partial charge on any atom is -0.872 e. The first-order valence-corrected chi connectivity index (χ1v) is 25.4. The first-order valence-electron chi connectivity index (χ1n) is 15.7. The molecule has 0 bridgehead atoms. The van der Waals surface area contributed by atoms with Crippen LogP contribution in [0.5, 0.6) is 28.9 Å². The molecule has 0 saturated carbocycles. The maximum atomic E-state index is 11.8. The van der Waals surface area contributed by atoms with Gasteiger partial charge in [-0.1, -0.05) is 117 Å². The minimum atomic E-state index is -3.98. The summed E-state index contributed by atoms with van der Waals surface area (Å²) in [7, 11) is -4.52. The van der Waals surface area contributed by atoms with E-state index >= 15 is 0 Å². The molecule has 0 amide bonds. The number of pyridine rings is 2. The number of hydrogen-bond acceptors (Lipinski definition) is 10. The molecule has 0 fully saturated rings. The standard InChI is InChI=1S/C18H15BrN2O4S.C13H12O2.C5H4BrClN2O2S.CH2I2.CH2I.Na.V/c1-24-15-7-5-12(6-8-15)13-3-2-4-16(9-13)25-18-17(26(20,22)23)10-14(19)11-21-18;1-15-13-7-5-10(6-8-13)11-3-2-4-12(14)9-11;6-3-1-4(12(8,10)11)5(7)9-2-3;2-1-3;1-2;;/h2-11H,1H3,(H2,20,22,23);2-9,14H,1H3;1-2H,(H2,8,10,11);1H2;1H2;;/q;;;;-1;+1;/p-1. The molecular formula is C38H34Br2ClI3N4NaO8S2V-. The molecule has 0 aliphatic rings. The number of rotatable bonds is 8.